The van der Waals surface area contributed by atoms with Gasteiger partial charge in [-0.05, 0) is 18.2 Å². The number of rotatable bonds is 3. The molecule has 2 heterocycles. The Morgan fingerprint density at radius 3 is 2.87 bits per heavy atom. The normalized spacial score (nSPS) is 10.1. The van der Waals surface area contributed by atoms with Crippen LogP contribution in [0.15, 0.2) is 52.4 Å². The van der Waals surface area contributed by atoms with E-state index < -0.39 is 0 Å². The molecule has 2 rings (SSSR count). The molecule has 4 heteroatoms. The van der Waals surface area contributed by atoms with E-state index in [0.717, 1.165) is 16.5 Å². The number of hydrogen-bond acceptors (Lipinski definition) is 3. The van der Waals surface area contributed by atoms with E-state index in [-0.39, 0.29) is 5.56 Å². The van der Waals surface area contributed by atoms with Crippen molar-refractivity contribution in [2.75, 3.05) is 0 Å². The van der Waals surface area contributed by atoms with Gasteiger partial charge >= 0.3 is 0 Å². The van der Waals surface area contributed by atoms with Gasteiger partial charge in [-0.15, -0.1) is 11.8 Å². The highest BCUT2D eigenvalue weighted by atomic mass is 32.2. The van der Waals surface area contributed by atoms with Crippen molar-refractivity contribution < 1.29 is 0 Å². The molecule has 0 saturated carbocycles. The van der Waals surface area contributed by atoms with Crippen LogP contribution in [0.1, 0.15) is 5.69 Å². The van der Waals surface area contributed by atoms with Crippen LogP contribution in [0, 0.1) is 0 Å². The third-order valence-electron chi connectivity index (χ3n) is 1.84. The molecule has 1 N–H and O–H groups in total. The summed E-state index contributed by atoms with van der Waals surface area (Å²) in [7, 11) is 0. The Morgan fingerprint density at radius 1 is 1.20 bits per heavy atom. The molecule has 0 saturated heterocycles. The summed E-state index contributed by atoms with van der Waals surface area (Å²) in [5, 5.41) is 0.869. The third kappa shape index (κ3) is 2.95. The highest BCUT2D eigenvalue weighted by Crippen LogP contribution is 2.17. The molecule has 76 valence electrons. The zero-order valence-corrected chi connectivity index (χ0v) is 8.83. The van der Waals surface area contributed by atoms with Crippen molar-refractivity contribution in [1.29, 1.82) is 0 Å². The lowest BCUT2D eigenvalue weighted by Gasteiger charge is -1.99. The van der Waals surface area contributed by atoms with Crippen molar-refractivity contribution in [2.24, 2.45) is 0 Å². The summed E-state index contributed by atoms with van der Waals surface area (Å²) < 4.78 is 0. The van der Waals surface area contributed by atoms with E-state index >= 15 is 0 Å². The molecule has 15 heavy (non-hydrogen) atoms. The molecule has 0 aromatic carbocycles. The number of aromatic nitrogens is 2. The second-order valence-electron chi connectivity index (χ2n) is 2.99. The fourth-order valence-electron chi connectivity index (χ4n) is 1.15. The molecule has 0 fully saturated rings. The number of hydrogen-bond donors (Lipinski definition) is 1. The predicted octanol–water partition coefficient (Wildman–Crippen LogP) is 2.06. The highest BCUT2D eigenvalue weighted by molar-refractivity contribution is 7.98. The molecule has 2 aromatic heterocycles. The van der Waals surface area contributed by atoms with Crippen LogP contribution in [0.4, 0.5) is 0 Å². The number of pyridine rings is 2. The summed E-state index contributed by atoms with van der Waals surface area (Å²) in [6, 6.07) is 10.9. The van der Waals surface area contributed by atoms with Crippen LogP contribution in [0.2, 0.25) is 0 Å². The van der Waals surface area contributed by atoms with Gasteiger partial charge in [0.25, 0.3) is 0 Å². The lowest BCUT2D eigenvalue weighted by atomic mass is 10.4. The molecule has 0 aliphatic carbocycles. The first-order valence-corrected chi connectivity index (χ1v) is 5.55. The summed E-state index contributed by atoms with van der Waals surface area (Å²) in [5.41, 5.74) is 0.938. The second kappa shape index (κ2) is 4.79. The summed E-state index contributed by atoms with van der Waals surface area (Å²) >= 11 is 1.57. The maximum Gasteiger partial charge on any atom is 0.248 e. The van der Waals surface area contributed by atoms with Gasteiger partial charge in [0, 0.05) is 18.0 Å². The van der Waals surface area contributed by atoms with Gasteiger partial charge < -0.3 is 4.98 Å². The Kier molecular flexibility index (Phi) is 3.19. The van der Waals surface area contributed by atoms with E-state index in [1.165, 1.54) is 6.07 Å². The van der Waals surface area contributed by atoms with Crippen LogP contribution >= 0.6 is 11.8 Å². The van der Waals surface area contributed by atoms with Gasteiger partial charge in [-0.25, -0.2) is 0 Å². The Bertz CT molecular complexity index is 481. The van der Waals surface area contributed by atoms with Gasteiger partial charge in [-0.1, -0.05) is 12.1 Å². The first-order chi connectivity index (χ1) is 7.34. The third-order valence-corrected chi connectivity index (χ3v) is 2.83. The molecular formula is C11H10N2OS. The van der Waals surface area contributed by atoms with E-state index in [9.17, 15) is 4.79 Å². The van der Waals surface area contributed by atoms with Crippen LogP contribution in [-0.2, 0) is 5.75 Å². The van der Waals surface area contributed by atoms with Crippen LogP contribution in [0.25, 0.3) is 0 Å². The van der Waals surface area contributed by atoms with Crippen molar-refractivity contribution in [3.8, 4) is 0 Å². The first-order valence-electron chi connectivity index (χ1n) is 4.56. The molecule has 0 aliphatic heterocycles. The average Bonchev–Trinajstić information content (AvgIpc) is 2.28. The SMILES string of the molecule is O=c1cccc(SCc2ccccn2)[nH]1. The van der Waals surface area contributed by atoms with E-state index in [0.29, 0.717) is 0 Å². The maximum atomic E-state index is 11.0. The van der Waals surface area contributed by atoms with Crippen molar-refractivity contribution in [1.82, 2.24) is 9.97 Å². The van der Waals surface area contributed by atoms with Gasteiger partial charge in [0.1, 0.15) is 0 Å². The van der Waals surface area contributed by atoms with Crippen LogP contribution in [0.3, 0.4) is 0 Å². The number of nitrogens with zero attached hydrogens (tertiary/aromatic N) is 1. The molecule has 3 nitrogen and oxygen atoms in total. The minimum Gasteiger partial charge on any atom is -0.317 e. The number of aromatic amines is 1. The average molecular weight is 218 g/mol. The first kappa shape index (κ1) is 9.98. The lowest BCUT2D eigenvalue weighted by Crippen LogP contribution is -2.02. The Balaban J connectivity index is 2.02. The van der Waals surface area contributed by atoms with Gasteiger partial charge in [-0.2, -0.15) is 0 Å². The molecule has 2 aromatic rings. The van der Waals surface area contributed by atoms with Gasteiger partial charge in [0.15, 0.2) is 0 Å². The summed E-state index contributed by atoms with van der Waals surface area (Å²) in [4.78, 5) is 18.0. The number of thioether (sulfide) groups is 1. The van der Waals surface area contributed by atoms with Gasteiger partial charge in [0.2, 0.25) is 5.56 Å². The zero-order valence-electron chi connectivity index (χ0n) is 8.01. The maximum absolute atomic E-state index is 11.0. The Hall–Kier alpha value is -1.55. The molecule has 0 radical (unpaired) electrons. The van der Waals surface area contributed by atoms with E-state index in [4.69, 9.17) is 0 Å². The van der Waals surface area contributed by atoms with Crippen LogP contribution < -0.4 is 5.56 Å². The minimum absolute atomic E-state index is 0.0685. The monoisotopic (exact) mass is 218 g/mol. The fraction of sp³-hybridized carbons (Fsp3) is 0.0909. The molecule has 0 spiro atoms. The quantitative estimate of drug-likeness (QED) is 0.802. The zero-order chi connectivity index (χ0) is 10.5. The molecular weight excluding hydrogens is 208 g/mol. The van der Waals surface area contributed by atoms with Crippen LogP contribution in [0.5, 0.6) is 0 Å². The molecule has 0 bridgehead atoms. The molecule has 0 aliphatic rings. The number of nitrogens with one attached hydrogen (secondary N) is 1. The van der Waals surface area contributed by atoms with Crippen molar-refractivity contribution >= 4 is 11.8 Å². The van der Waals surface area contributed by atoms with E-state index in [1.54, 1.807) is 24.0 Å². The largest absolute Gasteiger partial charge is 0.317 e. The van der Waals surface area contributed by atoms with Gasteiger partial charge in [-0.3, -0.25) is 9.78 Å². The smallest absolute Gasteiger partial charge is 0.248 e. The highest BCUT2D eigenvalue weighted by Gasteiger charge is 1.96. The van der Waals surface area contributed by atoms with Crippen LogP contribution in [-0.4, -0.2) is 9.97 Å². The Labute approximate surface area is 91.6 Å². The fourth-order valence-corrected chi connectivity index (χ4v) is 1.97. The summed E-state index contributed by atoms with van der Waals surface area (Å²) in [5.74, 6) is 0.765. The van der Waals surface area contributed by atoms with Gasteiger partial charge in [0.05, 0.1) is 10.7 Å². The summed E-state index contributed by atoms with van der Waals surface area (Å²) in [6.07, 6.45) is 1.77. The van der Waals surface area contributed by atoms with Crippen molar-refractivity contribution in [3.05, 3.63) is 58.6 Å². The topological polar surface area (TPSA) is 45.8 Å². The molecule has 0 atom stereocenters. The van der Waals surface area contributed by atoms with Crippen molar-refractivity contribution in [2.45, 2.75) is 10.8 Å². The van der Waals surface area contributed by atoms with Crippen molar-refractivity contribution in [3.63, 3.8) is 0 Å². The van der Waals surface area contributed by atoms with E-state index in [2.05, 4.69) is 9.97 Å². The second-order valence-corrected chi connectivity index (χ2v) is 4.01. The minimum atomic E-state index is -0.0685. The Morgan fingerprint density at radius 2 is 2.13 bits per heavy atom. The molecule has 0 unspecified atom stereocenters. The standard InChI is InChI=1S/C11H10N2OS/c14-10-5-3-6-11(13-10)15-8-9-4-1-2-7-12-9/h1-7H,8H2,(H,13,14). The number of H-pyrrole nitrogens is 1. The molecule has 0 amide bonds. The lowest BCUT2D eigenvalue weighted by molar-refractivity contribution is 1.07. The summed E-state index contributed by atoms with van der Waals surface area (Å²) in [6.45, 7) is 0. The van der Waals surface area contributed by atoms with E-state index in [1.807, 2.05) is 24.3 Å². The predicted molar refractivity (Wildman–Crippen MR) is 60.9 cm³/mol.